The van der Waals surface area contributed by atoms with Crippen LogP contribution in [-0.4, -0.2) is 35.5 Å². The number of benzene rings is 1. The summed E-state index contributed by atoms with van der Waals surface area (Å²) in [5, 5.41) is 6.14. The number of hydrogen-bond acceptors (Lipinski definition) is 6. The van der Waals surface area contributed by atoms with E-state index in [1.807, 2.05) is 0 Å². The fourth-order valence-electron chi connectivity index (χ4n) is 1.77. The van der Waals surface area contributed by atoms with Gasteiger partial charge in [0.25, 0.3) is 5.91 Å². The third-order valence-electron chi connectivity index (χ3n) is 3.00. The molecule has 26 heavy (non-hydrogen) atoms. The van der Waals surface area contributed by atoms with Gasteiger partial charge in [0, 0.05) is 6.20 Å². The van der Waals surface area contributed by atoms with Gasteiger partial charge >= 0.3 is 11.8 Å². The normalized spacial score (nSPS) is 10.3. The van der Waals surface area contributed by atoms with Gasteiger partial charge in [-0.2, -0.15) is 5.10 Å². The highest BCUT2D eigenvalue weighted by molar-refractivity contribution is 6.35. The molecule has 0 aliphatic heterocycles. The summed E-state index contributed by atoms with van der Waals surface area (Å²) in [5.74, 6) is -1.81. The van der Waals surface area contributed by atoms with Gasteiger partial charge in [0.2, 0.25) is 0 Å². The van der Waals surface area contributed by atoms with Crippen LogP contribution in [0.4, 0.5) is 0 Å². The molecule has 0 fully saturated rings. The minimum Gasteiger partial charge on any atom is -0.484 e. The molecule has 0 spiro atoms. The molecule has 9 nitrogen and oxygen atoms in total. The second-order valence-corrected chi connectivity index (χ2v) is 5.03. The van der Waals surface area contributed by atoms with Crippen LogP contribution in [0.25, 0.3) is 0 Å². The monoisotopic (exact) mass is 355 g/mol. The summed E-state index contributed by atoms with van der Waals surface area (Å²) >= 11 is 0. The number of rotatable bonds is 7. The molecule has 0 saturated heterocycles. The molecule has 1 aromatic heterocycles. The van der Waals surface area contributed by atoms with E-state index in [4.69, 9.17) is 10.5 Å². The smallest absolute Gasteiger partial charge is 0.329 e. The fourth-order valence-corrected chi connectivity index (χ4v) is 1.77. The van der Waals surface area contributed by atoms with Crippen molar-refractivity contribution in [2.45, 2.75) is 6.54 Å². The molecular formula is C17H17N5O4. The van der Waals surface area contributed by atoms with Crippen LogP contribution < -0.4 is 21.2 Å². The molecule has 2 rings (SSSR count). The summed E-state index contributed by atoms with van der Waals surface area (Å²) in [5.41, 5.74) is 8.40. The van der Waals surface area contributed by atoms with Crippen LogP contribution in [0.5, 0.6) is 5.75 Å². The molecule has 0 saturated carbocycles. The molecule has 0 atom stereocenters. The topological polar surface area (TPSA) is 136 Å². The van der Waals surface area contributed by atoms with Crippen molar-refractivity contribution in [3.8, 4) is 5.75 Å². The van der Waals surface area contributed by atoms with E-state index in [-0.39, 0.29) is 13.2 Å². The highest BCUT2D eigenvalue weighted by Gasteiger charge is 2.11. The van der Waals surface area contributed by atoms with Crippen LogP contribution in [0, 0.1) is 0 Å². The SMILES string of the molecule is NC(=O)COc1ccc(/C=N/NC(=O)C(=O)NCc2ccccn2)cc1. The fraction of sp³-hybridized carbons (Fsp3) is 0.118. The molecule has 0 bridgehead atoms. The summed E-state index contributed by atoms with van der Waals surface area (Å²) in [6, 6.07) is 11.8. The van der Waals surface area contributed by atoms with Crippen molar-refractivity contribution in [3.05, 3.63) is 59.9 Å². The molecule has 0 radical (unpaired) electrons. The molecule has 3 amide bonds. The molecule has 4 N–H and O–H groups in total. The number of ether oxygens (including phenoxy) is 1. The Morgan fingerprint density at radius 3 is 2.54 bits per heavy atom. The van der Waals surface area contributed by atoms with Crippen molar-refractivity contribution in [2.75, 3.05) is 6.61 Å². The Balaban J connectivity index is 1.77. The van der Waals surface area contributed by atoms with Crippen molar-refractivity contribution in [2.24, 2.45) is 10.8 Å². The van der Waals surface area contributed by atoms with Crippen molar-refractivity contribution in [1.29, 1.82) is 0 Å². The van der Waals surface area contributed by atoms with E-state index in [1.165, 1.54) is 6.21 Å². The lowest BCUT2D eigenvalue weighted by atomic mass is 10.2. The van der Waals surface area contributed by atoms with Gasteiger partial charge in [-0.25, -0.2) is 5.43 Å². The van der Waals surface area contributed by atoms with E-state index in [1.54, 1.807) is 48.7 Å². The van der Waals surface area contributed by atoms with Crippen LogP contribution in [-0.2, 0) is 20.9 Å². The Morgan fingerprint density at radius 1 is 1.12 bits per heavy atom. The predicted molar refractivity (Wildman–Crippen MR) is 93.0 cm³/mol. The summed E-state index contributed by atoms with van der Waals surface area (Å²) in [4.78, 5) is 37.9. The highest BCUT2D eigenvalue weighted by atomic mass is 16.5. The summed E-state index contributed by atoms with van der Waals surface area (Å²) in [6.07, 6.45) is 2.96. The number of nitrogens with two attached hydrogens (primary N) is 1. The zero-order valence-corrected chi connectivity index (χ0v) is 13.7. The number of primary amides is 1. The number of amides is 3. The summed E-state index contributed by atoms with van der Waals surface area (Å²) in [6.45, 7) is -0.0688. The third kappa shape index (κ3) is 6.40. The molecule has 0 aliphatic rings. The summed E-state index contributed by atoms with van der Waals surface area (Å²) < 4.78 is 5.11. The lowest BCUT2D eigenvalue weighted by Crippen LogP contribution is -2.37. The minimum atomic E-state index is -0.890. The molecular weight excluding hydrogens is 338 g/mol. The molecule has 2 aromatic rings. The largest absolute Gasteiger partial charge is 0.484 e. The predicted octanol–water partition coefficient (Wildman–Crippen LogP) is -0.288. The second kappa shape index (κ2) is 9.52. The maximum Gasteiger partial charge on any atom is 0.329 e. The minimum absolute atomic E-state index is 0.142. The van der Waals surface area contributed by atoms with Crippen LogP contribution >= 0.6 is 0 Å². The standard InChI is InChI=1S/C17H17N5O4/c18-15(23)11-26-14-6-4-12(5-7-14)9-21-22-17(25)16(24)20-10-13-3-1-2-8-19-13/h1-9H,10-11H2,(H2,18,23)(H,20,24)(H,22,25)/b21-9+. The molecule has 134 valence electrons. The van der Waals surface area contributed by atoms with Crippen LogP contribution in [0.3, 0.4) is 0 Å². The number of nitrogens with zero attached hydrogens (tertiary/aromatic N) is 2. The number of hydrazone groups is 1. The average Bonchev–Trinajstić information content (AvgIpc) is 2.66. The van der Waals surface area contributed by atoms with E-state index in [0.717, 1.165) is 0 Å². The quantitative estimate of drug-likeness (QED) is 0.356. The van der Waals surface area contributed by atoms with Gasteiger partial charge in [0.1, 0.15) is 5.75 Å². The van der Waals surface area contributed by atoms with Crippen molar-refractivity contribution in [3.63, 3.8) is 0 Å². The lowest BCUT2D eigenvalue weighted by Gasteiger charge is -2.04. The van der Waals surface area contributed by atoms with Crippen molar-refractivity contribution in [1.82, 2.24) is 15.7 Å². The van der Waals surface area contributed by atoms with Gasteiger partial charge in [-0.1, -0.05) is 6.07 Å². The Hall–Kier alpha value is -3.75. The molecule has 0 unspecified atom stereocenters. The highest BCUT2D eigenvalue weighted by Crippen LogP contribution is 2.10. The van der Waals surface area contributed by atoms with Crippen molar-refractivity contribution < 1.29 is 19.1 Å². The van der Waals surface area contributed by atoms with Gasteiger partial charge in [-0.05, 0) is 42.0 Å². The number of carbonyl (C=O) groups excluding carboxylic acids is 3. The van der Waals surface area contributed by atoms with E-state index < -0.39 is 17.7 Å². The van der Waals surface area contributed by atoms with Crippen LogP contribution in [0.1, 0.15) is 11.3 Å². The molecule has 9 heteroatoms. The first-order valence-electron chi connectivity index (χ1n) is 7.57. The maximum atomic E-state index is 11.7. The zero-order valence-electron chi connectivity index (χ0n) is 13.7. The number of aromatic nitrogens is 1. The van der Waals surface area contributed by atoms with Gasteiger partial charge in [0.05, 0.1) is 18.5 Å². The summed E-state index contributed by atoms with van der Waals surface area (Å²) in [7, 11) is 0. The maximum absolute atomic E-state index is 11.7. The van der Waals surface area contributed by atoms with Crippen molar-refractivity contribution >= 4 is 23.9 Å². The Bertz CT molecular complexity index is 791. The number of nitrogens with one attached hydrogen (secondary N) is 2. The lowest BCUT2D eigenvalue weighted by molar-refractivity contribution is -0.139. The van der Waals surface area contributed by atoms with Gasteiger partial charge in [-0.3, -0.25) is 19.4 Å². The first-order chi connectivity index (χ1) is 12.5. The number of hydrogen-bond donors (Lipinski definition) is 3. The van der Waals surface area contributed by atoms with Gasteiger partial charge in [-0.15, -0.1) is 0 Å². The van der Waals surface area contributed by atoms with E-state index in [2.05, 4.69) is 20.8 Å². The average molecular weight is 355 g/mol. The van der Waals surface area contributed by atoms with Crippen LogP contribution in [0.15, 0.2) is 53.8 Å². The van der Waals surface area contributed by atoms with E-state index in [9.17, 15) is 14.4 Å². The zero-order chi connectivity index (χ0) is 18.8. The Morgan fingerprint density at radius 2 is 1.88 bits per heavy atom. The second-order valence-electron chi connectivity index (χ2n) is 5.03. The number of carbonyl (C=O) groups is 3. The first kappa shape index (κ1) is 18.6. The Labute approximate surface area is 149 Å². The van der Waals surface area contributed by atoms with Gasteiger partial charge in [0.15, 0.2) is 6.61 Å². The van der Waals surface area contributed by atoms with Crippen LogP contribution in [0.2, 0.25) is 0 Å². The molecule has 1 heterocycles. The first-order valence-corrected chi connectivity index (χ1v) is 7.57. The van der Waals surface area contributed by atoms with E-state index >= 15 is 0 Å². The third-order valence-corrected chi connectivity index (χ3v) is 3.00. The number of pyridine rings is 1. The Kier molecular flexibility index (Phi) is 6.81. The molecule has 1 aromatic carbocycles. The molecule has 0 aliphatic carbocycles. The van der Waals surface area contributed by atoms with Gasteiger partial charge < -0.3 is 15.8 Å². The van der Waals surface area contributed by atoms with E-state index in [0.29, 0.717) is 17.0 Å².